The maximum atomic E-state index is 13.5. The maximum absolute atomic E-state index is 13.5. The Hall–Kier alpha value is -1.92. The summed E-state index contributed by atoms with van der Waals surface area (Å²) in [6, 6.07) is 8.41. The van der Waals surface area contributed by atoms with Crippen molar-refractivity contribution in [1.82, 2.24) is 5.32 Å². The zero-order valence-electron chi connectivity index (χ0n) is 12.8. The van der Waals surface area contributed by atoms with Gasteiger partial charge in [-0.05, 0) is 36.1 Å². The highest BCUT2D eigenvalue weighted by Gasteiger charge is 2.22. The minimum absolute atomic E-state index is 0.0332. The van der Waals surface area contributed by atoms with Gasteiger partial charge in [0.05, 0.1) is 13.2 Å². The fourth-order valence-corrected chi connectivity index (χ4v) is 4.40. The highest BCUT2D eigenvalue weighted by molar-refractivity contribution is 7.21. The zero-order chi connectivity index (χ0) is 16.4. The summed E-state index contributed by atoms with van der Waals surface area (Å²) in [5.41, 5.74) is 0. The Kier molecular flexibility index (Phi) is 4.63. The summed E-state index contributed by atoms with van der Waals surface area (Å²) in [5, 5.41) is 5.67. The monoisotopic (exact) mass is 349 g/mol. The molecule has 0 unspecified atom stereocenters. The molecule has 120 valence electrons. The molecule has 3 rings (SSSR count). The van der Waals surface area contributed by atoms with Gasteiger partial charge in [-0.15, -0.1) is 22.7 Å². The number of ether oxygens (including phenoxy) is 1. The Morgan fingerprint density at radius 1 is 1.39 bits per heavy atom. The number of nitrogens with one attached hydrogen (secondary N) is 1. The van der Waals surface area contributed by atoms with Gasteiger partial charge in [0, 0.05) is 15.0 Å². The number of benzene rings is 1. The van der Waals surface area contributed by atoms with Gasteiger partial charge in [-0.25, -0.2) is 4.39 Å². The normalized spacial score (nSPS) is 12.3. The number of thiophene rings is 2. The molecule has 0 saturated carbocycles. The van der Waals surface area contributed by atoms with Crippen molar-refractivity contribution in [2.75, 3.05) is 7.11 Å². The van der Waals surface area contributed by atoms with Crippen molar-refractivity contribution in [2.24, 2.45) is 0 Å². The predicted octanol–water partition coefficient (Wildman–Crippen LogP) is 4.99. The third-order valence-corrected chi connectivity index (χ3v) is 5.75. The SMILES string of the molecule is CC[C@H](NC(=O)c1sc2ccc(F)cc2c1OC)c1cccs1. The summed E-state index contributed by atoms with van der Waals surface area (Å²) < 4.78 is 19.7. The van der Waals surface area contributed by atoms with E-state index < -0.39 is 0 Å². The van der Waals surface area contributed by atoms with Gasteiger partial charge >= 0.3 is 0 Å². The van der Waals surface area contributed by atoms with E-state index in [0.717, 1.165) is 16.0 Å². The first-order valence-electron chi connectivity index (χ1n) is 7.24. The van der Waals surface area contributed by atoms with Crippen LogP contribution >= 0.6 is 22.7 Å². The lowest BCUT2D eigenvalue weighted by molar-refractivity contribution is 0.0938. The number of amides is 1. The van der Waals surface area contributed by atoms with Gasteiger partial charge in [-0.2, -0.15) is 0 Å². The van der Waals surface area contributed by atoms with E-state index in [1.807, 2.05) is 24.4 Å². The molecule has 0 aliphatic rings. The summed E-state index contributed by atoms with van der Waals surface area (Å²) in [5.74, 6) is -0.0997. The number of rotatable bonds is 5. The second-order valence-electron chi connectivity index (χ2n) is 5.05. The number of methoxy groups -OCH3 is 1. The molecule has 0 aliphatic carbocycles. The molecule has 0 saturated heterocycles. The topological polar surface area (TPSA) is 38.3 Å². The predicted molar refractivity (Wildman–Crippen MR) is 93.2 cm³/mol. The summed E-state index contributed by atoms with van der Waals surface area (Å²) in [4.78, 5) is 14.3. The Morgan fingerprint density at radius 3 is 2.87 bits per heavy atom. The molecule has 1 N–H and O–H groups in total. The van der Waals surface area contributed by atoms with E-state index in [0.29, 0.717) is 16.0 Å². The van der Waals surface area contributed by atoms with Crippen molar-refractivity contribution in [1.29, 1.82) is 0 Å². The number of carbonyl (C=O) groups is 1. The molecule has 1 aromatic carbocycles. The zero-order valence-corrected chi connectivity index (χ0v) is 14.4. The molecule has 6 heteroatoms. The Balaban J connectivity index is 1.94. The number of fused-ring (bicyclic) bond motifs is 1. The summed E-state index contributed by atoms with van der Waals surface area (Å²) >= 11 is 2.93. The summed E-state index contributed by atoms with van der Waals surface area (Å²) in [6.45, 7) is 2.03. The molecule has 0 fully saturated rings. The third kappa shape index (κ3) is 3.09. The van der Waals surface area contributed by atoms with E-state index in [2.05, 4.69) is 5.32 Å². The minimum Gasteiger partial charge on any atom is -0.494 e. The molecule has 0 spiro atoms. The minimum atomic E-state index is -0.342. The van der Waals surface area contributed by atoms with Crippen LogP contribution in [0.3, 0.4) is 0 Å². The molecule has 2 aromatic heterocycles. The quantitative estimate of drug-likeness (QED) is 0.704. The lowest BCUT2D eigenvalue weighted by atomic mass is 10.2. The molecule has 0 bridgehead atoms. The average Bonchev–Trinajstić information content (AvgIpc) is 3.19. The van der Waals surface area contributed by atoms with Crippen LogP contribution in [0.5, 0.6) is 5.75 Å². The highest BCUT2D eigenvalue weighted by Crippen LogP contribution is 2.38. The lowest BCUT2D eigenvalue weighted by Crippen LogP contribution is -2.27. The van der Waals surface area contributed by atoms with E-state index in [9.17, 15) is 9.18 Å². The van der Waals surface area contributed by atoms with E-state index >= 15 is 0 Å². The van der Waals surface area contributed by atoms with Crippen molar-refractivity contribution in [3.63, 3.8) is 0 Å². The van der Waals surface area contributed by atoms with Crippen molar-refractivity contribution in [3.05, 3.63) is 51.3 Å². The first-order valence-corrected chi connectivity index (χ1v) is 8.94. The van der Waals surface area contributed by atoms with Crippen LogP contribution in [0.4, 0.5) is 4.39 Å². The van der Waals surface area contributed by atoms with E-state index in [-0.39, 0.29) is 17.8 Å². The molecule has 3 nitrogen and oxygen atoms in total. The molecular weight excluding hydrogens is 333 g/mol. The summed E-state index contributed by atoms with van der Waals surface area (Å²) in [7, 11) is 1.50. The van der Waals surface area contributed by atoms with Crippen molar-refractivity contribution >= 4 is 38.7 Å². The number of carbonyl (C=O) groups excluding carboxylic acids is 1. The smallest absolute Gasteiger partial charge is 0.265 e. The van der Waals surface area contributed by atoms with Gasteiger partial charge in [0.1, 0.15) is 16.4 Å². The van der Waals surface area contributed by atoms with Gasteiger partial charge in [-0.1, -0.05) is 13.0 Å². The number of hydrogen-bond acceptors (Lipinski definition) is 4. The second-order valence-corrected chi connectivity index (χ2v) is 7.09. The van der Waals surface area contributed by atoms with Gasteiger partial charge in [0.15, 0.2) is 0 Å². The Morgan fingerprint density at radius 2 is 2.22 bits per heavy atom. The summed E-state index contributed by atoms with van der Waals surface area (Å²) in [6.07, 6.45) is 0.800. The standard InChI is InChI=1S/C17H16FNO2S2/c1-3-12(14-5-4-8-22-14)19-17(20)16-15(21-2)11-9-10(18)6-7-13(11)23-16/h4-9,12H,3H2,1-2H3,(H,19,20)/t12-/m0/s1. The average molecular weight is 349 g/mol. The fraction of sp³-hybridized carbons (Fsp3) is 0.235. The van der Waals surface area contributed by atoms with E-state index in [1.54, 1.807) is 17.4 Å². The Bertz CT molecular complexity index is 827. The van der Waals surface area contributed by atoms with Crippen molar-refractivity contribution < 1.29 is 13.9 Å². The molecule has 0 aliphatic heterocycles. The second kappa shape index (κ2) is 6.68. The molecule has 1 atom stereocenters. The van der Waals surface area contributed by atoms with Gasteiger partial charge < -0.3 is 10.1 Å². The van der Waals surface area contributed by atoms with Crippen LogP contribution in [0, 0.1) is 5.82 Å². The largest absolute Gasteiger partial charge is 0.494 e. The van der Waals surface area contributed by atoms with Crippen molar-refractivity contribution in [2.45, 2.75) is 19.4 Å². The maximum Gasteiger partial charge on any atom is 0.265 e. The highest BCUT2D eigenvalue weighted by atomic mass is 32.1. The van der Waals surface area contributed by atoms with E-state index in [1.165, 1.54) is 30.6 Å². The van der Waals surface area contributed by atoms with Crippen molar-refractivity contribution in [3.8, 4) is 5.75 Å². The van der Waals surface area contributed by atoms with Crippen LogP contribution in [-0.2, 0) is 0 Å². The van der Waals surface area contributed by atoms with Gasteiger partial charge in [0.25, 0.3) is 5.91 Å². The van der Waals surface area contributed by atoms with E-state index in [4.69, 9.17) is 4.74 Å². The lowest BCUT2D eigenvalue weighted by Gasteiger charge is -2.15. The van der Waals surface area contributed by atoms with Gasteiger partial charge in [0.2, 0.25) is 0 Å². The third-order valence-electron chi connectivity index (χ3n) is 3.62. The van der Waals surface area contributed by atoms with Crippen LogP contribution in [0.15, 0.2) is 35.7 Å². The molecule has 0 radical (unpaired) electrons. The first kappa shape index (κ1) is 16.0. The van der Waals surface area contributed by atoms with Crippen LogP contribution in [-0.4, -0.2) is 13.0 Å². The molecular formula is C17H16FNO2S2. The molecule has 2 heterocycles. The Labute approximate surface area is 141 Å². The van der Waals surface area contributed by atoms with Crippen LogP contribution in [0.1, 0.15) is 33.9 Å². The van der Waals surface area contributed by atoms with Gasteiger partial charge in [-0.3, -0.25) is 4.79 Å². The fourth-order valence-electron chi connectivity index (χ4n) is 2.49. The van der Waals surface area contributed by atoms with Crippen LogP contribution in [0.25, 0.3) is 10.1 Å². The van der Waals surface area contributed by atoms with Crippen LogP contribution in [0.2, 0.25) is 0 Å². The van der Waals surface area contributed by atoms with Crippen LogP contribution < -0.4 is 10.1 Å². The number of halogens is 1. The molecule has 23 heavy (non-hydrogen) atoms. The molecule has 1 amide bonds. The number of hydrogen-bond donors (Lipinski definition) is 1. The molecule has 3 aromatic rings. The first-order chi connectivity index (χ1) is 11.1.